The number of rotatable bonds is 7. The van der Waals surface area contributed by atoms with Crippen molar-refractivity contribution in [2.75, 3.05) is 13.7 Å². The minimum absolute atomic E-state index is 0.0351. The van der Waals surface area contributed by atoms with Crippen molar-refractivity contribution in [1.29, 1.82) is 0 Å². The van der Waals surface area contributed by atoms with E-state index in [1.165, 1.54) is 0 Å². The van der Waals surface area contributed by atoms with E-state index in [2.05, 4.69) is 5.32 Å². The summed E-state index contributed by atoms with van der Waals surface area (Å²) in [5.41, 5.74) is 6.32. The summed E-state index contributed by atoms with van der Waals surface area (Å²) < 4.78 is 5.19. The molecule has 94 valence electrons. The third kappa shape index (κ3) is 4.97. The molecule has 0 heterocycles. The minimum Gasteiger partial charge on any atom is -0.383 e. The number of nitrogens with two attached hydrogens (primary N) is 1. The van der Waals surface area contributed by atoms with Crippen molar-refractivity contribution in [3.63, 3.8) is 0 Å². The average Bonchev–Trinajstić information content (AvgIpc) is 2.28. The van der Waals surface area contributed by atoms with Gasteiger partial charge in [-0.05, 0) is 12.5 Å². The van der Waals surface area contributed by atoms with Crippen molar-refractivity contribution < 1.29 is 9.53 Å². The number of nitrogens with one attached hydrogen (secondary N) is 1. The van der Waals surface area contributed by atoms with Crippen LogP contribution >= 0.6 is 0 Å². The maximum atomic E-state index is 10.8. The average molecular weight is 236 g/mol. The monoisotopic (exact) mass is 236 g/mol. The van der Waals surface area contributed by atoms with Crippen LogP contribution in [0.5, 0.6) is 0 Å². The molecule has 1 aromatic rings. The van der Waals surface area contributed by atoms with Gasteiger partial charge in [-0.15, -0.1) is 0 Å². The maximum Gasteiger partial charge on any atom is 0.218 e. The molecule has 0 bridgehead atoms. The van der Waals surface area contributed by atoms with Gasteiger partial charge >= 0.3 is 0 Å². The van der Waals surface area contributed by atoms with Gasteiger partial charge in [0.25, 0.3) is 0 Å². The van der Waals surface area contributed by atoms with E-state index in [9.17, 15) is 4.79 Å². The van der Waals surface area contributed by atoms with Crippen molar-refractivity contribution in [2.45, 2.75) is 25.4 Å². The molecule has 1 aromatic carbocycles. The fourth-order valence-electron chi connectivity index (χ4n) is 1.80. The molecule has 4 heteroatoms. The van der Waals surface area contributed by atoms with Gasteiger partial charge in [0.1, 0.15) is 0 Å². The molecule has 0 radical (unpaired) electrons. The molecule has 2 unspecified atom stereocenters. The Morgan fingerprint density at radius 1 is 1.41 bits per heavy atom. The Kier molecular flexibility index (Phi) is 5.66. The lowest BCUT2D eigenvalue weighted by Gasteiger charge is -2.22. The Bertz CT molecular complexity index is 341. The van der Waals surface area contributed by atoms with E-state index >= 15 is 0 Å². The van der Waals surface area contributed by atoms with Crippen LogP contribution in [0.4, 0.5) is 0 Å². The van der Waals surface area contributed by atoms with E-state index in [-0.39, 0.29) is 18.0 Å². The molecule has 0 fully saturated rings. The largest absolute Gasteiger partial charge is 0.383 e. The molecule has 4 nitrogen and oxygen atoms in total. The molecular formula is C13H20N2O2. The summed E-state index contributed by atoms with van der Waals surface area (Å²) in [6.07, 6.45) is 0.326. The van der Waals surface area contributed by atoms with E-state index in [1.54, 1.807) is 7.11 Å². The molecule has 1 rings (SSSR count). The number of carbonyl (C=O) groups is 1. The second-order valence-corrected chi connectivity index (χ2v) is 4.16. The lowest BCUT2D eigenvalue weighted by molar-refractivity contribution is -0.118. The fourth-order valence-corrected chi connectivity index (χ4v) is 1.80. The number of hydrogen-bond donors (Lipinski definition) is 2. The first-order valence-electron chi connectivity index (χ1n) is 5.71. The molecule has 0 saturated carbocycles. The lowest BCUT2D eigenvalue weighted by Crippen LogP contribution is -2.36. The number of ether oxygens (including phenoxy) is 1. The first kappa shape index (κ1) is 13.7. The first-order chi connectivity index (χ1) is 8.13. The third-order valence-electron chi connectivity index (χ3n) is 2.53. The summed E-state index contributed by atoms with van der Waals surface area (Å²) in [5, 5.41) is 3.34. The van der Waals surface area contributed by atoms with Crippen LogP contribution in [-0.2, 0) is 9.53 Å². The van der Waals surface area contributed by atoms with Crippen molar-refractivity contribution in [2.24, 2.45) is 5.73 Å². The first-order valence-corrected chi connectivity index (χ1v) is 5.71. The molecule has 0 aromatic heterocycles. The van der Waals surface area contributed by atoms with Gasteiger partial charge in [0.05, 0.1) is 12.6 Å². The number of carbonyl (C=O) groups excluding carboxylic acids is 1. The van der Waals surface area contributed by atoms with Crippen LogP contribution in [0.25, 0.3) is 0 Å². The SMILES string of the molecule is COCC(NC(C)CC(N)=O)c1ccccc1. The number of hydrogen-bond acceptors (Lipinski definition) is 3. The summed E-state index contributed by atoms with van der Waals surface area (Å²) in [5.74, 6) is -0.297. The van der Waals surface area contributed by atoms with Crippen LogP contribution in [0, 0.1) is 0 Å². The normalized spacial score (nSPS) is 14.2. The smallest absolute Gasteiger partial charge is 0.218 e. The summed E-state index contributed by atoms with van der Waals surface area (Å²) in [4.78, 5) is 10.8. The molecule has 0 spiro atoms. The molecule has 0 aliphatic heterocycles. The number of primary amides is 1. The van der Waals surface area contributed by atoms with Crippen LogP contribution in [0.2, 0.25) is 0 Å². The zero-order chi connectivity index (χ0) is 12.7. The highest BCUT2D eigenvalue weighted by atomic mass is 16.5. The molecular weight excluding hydrogens is 216 g/mol. The van der Waals surface area contributed by atoms with Gasteiger partial charge in [0.2, 0.25) is 5.91 Å². The Labute approximate surface area is 102 Å². The molecule has 0 saturated heterocycles. The van der Waals surface area contributed by atoms with Crippen molar-refractivity contribution >= 4 is 5.91 Å². The van der Waals surface area contributed by atoms with Crippen LogP contribution in [-0.4, -0.2) is 25.7 Å². The Morgan fingerprint density at radius 3 is 2.59 bits per heavy atom. The second kappa shape index (κ2) is 7.04. The van der Waals surface area contributed by atoms with Gasteiger partial charge in [-0.1, -0.05) is 30.3 Å². The van der Waals surface area contributed by atoms with E-state index in [4.69, 9.17) is 10.5 Å². The minimum atomic E-state index is -0.297. The van der Waals surface area contributed by atoms with Gasteiger partial charge < -0.3 is 15.8 Å². The van der Waals surface area contributed by atoms with Gasteiger partial charge in [-0.25, -0.2) is 0 Å². The van der Waals surface area contributed by atoms with E-state index in [0.29, 0.717) is 13.0 Å². The molecule has 0 aliphatic carbocycles. The molecule has 0 aliphatic rings. The summed E-state index contributed by atoms with van der Waals surface area (Å²) >= 11 is 0. The predicted octanol–water partition coefficient (Wildman–Crippen LogP) is 1.23. The third-order valence-corrected chi connectivity index (χ3v) is 2.53. The highest BCUT2D eigenvalue weighted by Crippen LogP contribution is 2.14. The summed E-state index contributed by atoms with van der Waals surface area (Å²) in [7, 11) is 1.66. The Morgan fingerprint density at radius 2 is 2.06 bits per heavy atom. The van der Waals surface area contributed by atoms with Crippen molar-refractivity contribution in [3.8, 4) is 0 Å². The number of benzene rings is 1. The molecule has 2 atom stereocenters. The van der Waals surface area contributed by atoms with Crippen LogP contribution in [0.1, 0.15) is 24.9 Å². The van der Waals surface area contributed by atoms with Crippen molar-refractivity contribution in [1.82, 2.24) is 5.32 Å². The predicted molar refractivity (Wildman–Crippen MR) is 67.5 cm³/mol. The zero-order valence-corrected chi connectivity index (χ0v) is 10.3. The topological polar surface area (TPSA) is 64.3 Å². The highest BCUT2D eigenvalue weighted by molar-refractivity contribution is 5.74. The lowest BCUT2D eigenvalue weighted by atomic mass is 10.1. The standard InChI is InChI=1S/C13H20N2O2/c1-10(8-13(14)16)15-12(9-17-2)11-6-4-3-5-7-11/h3-7,10,12,15H,8-9H2,1-2H3,(H2,14,16). The summed E-state index contributed by atoms with van der Waals surface area (Å²) in [6, 6.07) is 10.1. The number of amides is 1. The molecule has 3 N–H and O–H groups in total. The van der Waals surface area contributed by atoms with Gasteiger partial charge in [-0.3, -0.25) is 4.79 Å². The Balaban J connectivity index is 2.63. The van der Waals surface area contributed by atoms with E-state index in [0.717, 1.165) is 5.56 Å². The van der Waals surface area contributed by atoms with Gasteiger partial charge in [0.15, 0.2) is 0 Å². The van der Waals surface area contributed by atoms with Gasteiger partial charge in [0, 0.05) is 19.6 Å². The summed E-state index contributed by atoms with van der Waals surface area (Å²) in [6.45, 7) is 2.50. The highest BCUT2D eigenvalue weighted by Gasteiger charge is 2.15. The van der Waals surface area contributed by atoms with Gasteiger partial charge in [-0.2, -0.15) is 0 Å². The van der Waals surface area contributed by atoms with Crippen LogP contribution < -0.4 is 11.1 Å². The maximum absolute atomic E-state index is 10.8. The van der Waals surface area contributed by atoms with Crippen molar-refractivity contribution in [3.05, 3.63) is 35.9 Å². The number of methoxy groups -OCH3 is 1. The molecule has 17 heavy (non-hydrogen) atoms. The second-order valence-electron chi connectivity index (χ2n) is 4.16. The van der Waals surface area contributed by atoms with E-state index in [1.807, 2.05) is 37.3 Å². The van der Waals surface area contributed by atoms with Crippen LogP contribution in [0.3, 0.4) is 0 Å². The Hall–Kier alpha value is -1.39. The quantitative estimate of drug-likeness (QED) is 0.748. The van der Waals surface area contributed by atoms with Crippen LogP contribution in [0.15, 0.2) is 30.3 Å². The fraction of sp³-hybridized carbons (Fsp3) is 0.462. The molecule has 1 amide bonds. The van der Waals surface area contributed by atoms with E-state index < -0.39 is 0 Å². The zero-order valence-electron chi connectivity index (χ0n) is 10.3.